The van der Waals surface area contributed by atoms with Gasteiger partial charge < -0.3 is 29.9 Å². The Labute approximate surface area is 213 Å². The molecule has 37 heavy (non-hydrogen) atoms. The Balaban J connectivity index is 1.63. The van der Waals surface area contributed by atoms with E-state index < -0.39 is 24.0 Å². The number of aliphatic hydroxyl groups is 2. The van der Waals surface area contributed by atoms with Crippen LogP contribution in [0.1, 0.15) is 21.5 Å². The maximum absolute atomic E-state index is 13.9. The third kappa shape index (κ3) is 6.40. The molecule has 0 saturated carbocycles. The zero-order valence-electron chi connectivity index (χ0n) is 20.4. The molecule has 3 N–H and O–H groups in total. The molecule has 1 aliphatic rings. The zero-order chi connectivity index (χ0) is 26.4. The number of aliphatic hydroxyl groups excluding tert-OH is 2. The average molecular weight is 514 g/mol. The van der Waals surface area contributed by atoms with E-state index in [9.17, 15) is 18.7 Å². The van der Waals surface area contributed by atoms with Crippen molar-refractivity contribution < 1.29 is 33.3 Å². The van der Waals surface area contributed by atoms with Crippen molar-refractivity contribution in [1.82, 2.24) is 4.98 Å². The number of hydrogen-bond acceptors (Lipinski definition) is 7. The molecule has 1 amide bonds. The summed E-state index contributed by atoms with van der Waals surface area (Å²) < 4.78 is 38.9. The van der Waals surface area contributed by atoms with Crippen molar-refractivity contribution in [1.29, 1.82) is 0 Å². The lowest BCUT2D eigenvalue weighted by atomic mass is 10.00. The molecule has 196 valence electrons. The van der Waals surface area contributed by atoms with Gasteiger partial charge in [0.1, 0.15) is 19.0 Å². The first-order valence-corrected chi connectivity index (χ1v) is 11.9. The molecule has 2 aromatic carbocycles. The van der Waals surface area contributed by atoms with E-state index in [4.69, 9.17) is 14.6 Å². The van der Waals surface area contributed by atoms with Crippen LogP contribution in [0.15, 0.2) is 54.6 Å². The minimum absolute atomic E-state index is 0.0472. The molecule has 0 bridgehead atoms. The highest BCUT2D eigenvalue weighted by molar-refractivity contribution is 6.04. The maximum atomic E-state index is 13.9. The van der Waals surface area contributed by atoms with Gasteiger partial charge >= 0.3 is 0 Å². The van der Waals surface area contributed by atoms with Gasteiger partial charge in [-0.25, -0.2) is 0 Å². The molecule has 1 fully saturated rings. The molecule has 0 unspecified atom stereocenters. The van der Waals surface area contributed by atoms with E-state index in [-0.39, 0.29) is 18.8 Å². The van der Waals surface area contributed by atoms with E-state index in [1.165, 1.54) is 18.2 Å². The smallest absolute Gasteiger partial charge is 0.295 e. The average Bonchev–Trinajstić information content (AvgIpc) is 2.93. The first-order valence-electron chi connectivity index (χ1n) is 11.9. The topological polar surface area (TPSA) is 104 Å². The van der Waals surface area contributed by atoms with E-state index in [2.05, 4.69) is 15.2 Å². The van der Waals surface area contributed by atoms with E-state index in [1.807, 2.05) is 19.1 Å². The first kappa shape index (κ1) is 26.5. The summed E-state index contributed by atoms with van der Waals surface area (Å²) in [4.78, 5) is 19.5. The number of ether oxygens (including phenoxy) is 2. The van der Waals surface area contributed by atoms with Gasteiger partial charge in [-0.2, -0.15) is 13.8 Å². The minimum Gasteiger partial charge on any atom is -0.475 e. The van der Waals surface area contributed by atoms with Crippen molar-refractivity contribution in [2.45, 2.75) is 12.8 Å². The van der Waals surface area contributed by atoms with Gasteiger partial charge in [0.15, 0.2) is 0 Å². The van der Waals surface area contributed by atoms with E-state index in [1.54, 1.807) is 18.2 Å². The van der Waals surface area contributed by atoms with E-state index >= 15 is 0 Å². The molecule has 1 aromatic heterocycles. The second-order valence-corrected chi connectivity index (χ2v) is 8.65. The molecule has 8 nitrogen and oxygen atoms in total. The van der Waals surface area contributed by atoms with Gasteiger partial charge in [-0.1, -0.05) is 18.2 Å². The highest BCUT2D eigenvalue weighted by atomic mass is 19.3. The number of pyridine rings is 1. The second kappa shape index (κ2) is 11.6. The summed E-state index contributed by atoms with van der Waals surface area (Å²) in [6.07, 6.45) is 0. The molecular weight excluding hydrogens is 484 g/mol. The molecule has 0 atom stereocenters. The van der Waals surface area contributed by atoms with Crippen LogP contribution in [-0.2, 0) is 10.7 Å². The SMILES string of the molecule is Cc1ccc(NC(=O)c2cccc(C(F)(F)CO)c2)cc1-c1cc(OCCO)nc(N2CCOCC2)c1. The number of anilines is 2. The Hall–Kier alpha value is -3.60. The fourth-order valence-electron chi connectivity index (χ4n) is 4.02. The molecule has 1 saturated heterocycles. The number of carbonyl (C=O) groups excluding carboxylic acids is 1. The van der Waals surface area contributed by atoms with Gasteiger partial charge in [0.2, 0.25) is 5.88 Å². The van der Waals surface area contributed by atoms with Gasteiger partial charge in [-0.15, -0.1) is 0 Å². The fraction of sp³-hybridized carbons (Fsp3) is 0.333. The van der Waals surface area contributed by atoms with Crippen LogP contribution < -0.4 is 15.0 Å². The lowest BCUT2D eigenvalue weighted by Crippen LogP contribution is -2.36. The Morgan fingerprint density at radius 2 is 1.92 bits per heavy atom. The molecule has 0 radical (unpaired) electrons. The van der Waals surface area contributed by atoms with Crippen LogP contribution >= 0.6 is 0 Å². The van der Waals surface area contributed by atoms with Crippen molar-refractivity contribution in [3.05, 3.63) is 71.3 Å². The van der Waals surface area contributed by atoms with Crippen molar-refractivity contribution in [3.63, 3.8) is 0 Å². The number of amides is 1. The molecule has 10 heteroatoms. The molecule has 4 rings (SSSR count). The molecule has 3 aromatic rings. The van der Waals surface area contributed by atoms with E-state index in [0.29, 0.717) is 43.7 Å². The largest absolute Gasteiger partial charge is 0.475 e. The van der Waals surface area contributed by atoms with Crippen LogP contribution in [0.25, 0.3) is 11.1 Å². The quantitative estimate of drug-likeness (QED) is 0.402. The predicted octanol–water partition coefficient (Wildman–Crippen LogP) is 3.60. The summed E-state index contributed by atoms with van der Waals surface area (Å²) in [6.45, 7) is 3.08. The lowest BCUT2D eigenvalue weighted by Gasteiger charge is -2.28. The van der Waals surface area contributed by atoms with Gasteiger partial charge in [0.25, 0.3) is 11.8 Å². The van der Waals surface area contributed by atoms with Gasteiger partial charge in [-0.3, -0.25) is 4.79 Å². The highest BCUT2D eigenvalue weighted by Gasteiger charge is 2.31. The third-order valence-corrected chi connectivity index (χ3v) is 6.02. The van der Waals surface area contributed by atoms with Crippen molar-refractivity contribution in [2.75, 3.05) is 56.3 Å². The molecule has 2 heterocycles. The Kier molecular flexibility index (Phi) is 8.32. The monoisotopic (exact) mass is 513 g/mol. The number of alkyl halides is 2. The van der Waals surface area contributed by atoms with E-state index in [0.717, 1.165) is 22.8 Å². The summed E-state index contributed by atoms with van der Waals surface area (Å²) in [5.74, 6) is -2.92. The van der Waals surface area contributed by atoms with Crippen molar-refractivity contribution in [2.24, 2.45) is 0 Å². The van der Waals surface area contributed by atoms with Crippen molar-refractivity contribution in [3.8, 4) is 17.0 Å². The van der Waals surface area contributed by atoms with Crippen molar-refractivity contribution >= 4 is 17.4 Å². The molecular formula is C27H29F2N3O5. The minimum atomic E-state index is -3.44. The Morgan fingerprint density at radius 3 is 2.65 bits per heavy atom. The number of rotatable bonds is 9. The summed E-state index contributed by atoms with van der Waals surface area (Å²) in [5, 5.41) is 20.9. The number of halogens is 2. The summed E-state index contributed by atoms with van der Waals surface area (Å²) in [7, 11) is 0. The van der Waals surface area contributed by atoms with Gasteiger partial charge in [0.05, 0.1) is 19.8 Å². The van der Waals surface area contributed by atoms with Crippen LogP contribution in [0.3, 0.4) is 0 Å². The van der Waals surface area contributed by atoms with Crippen LogP contribution in [0.5, 0.6) is 5.88 Å². The van der Waals surface area contributed by atoms with Crippen LogP contribution in [0, 0.1) is 6.92 Å². The third-order valence-electron chi connectivity index (χ3n) is 6.02. The number of nitrogens with zero attached hydrogens (tertiary/aromatic N) is 2. The van der Waals surface area contributed by atoms with Crippen LogP contribution in [0.2, 0.25) is 0 Å². The number of aryl methyl sites for hydroxylation is 1. The normalized spacial score (nSPS) is 13.9. The van der Waals surface area contributed by atoms with Crippen LogP contribution in [-0.4, -0.2) is 67.2 Å². The molecule has 0 aliphatic carbocycles. The number of aromatic nitrogens is 1. The Bertz CT molecular complexity index is 1250. The van der Waals surface area contributed by atoms with Crippen LogP contribution in [0.4, 0.5) is 20.3 Å². The summed E-state index contributed by atoms with van der Waals surface area (Å²) >= 11 is 0. The molecule has 0 spiro atoms. The predicted molar refractivity (Wildman–Crippen MR) is 135 cm³/mol. The Morgan fingerprint density at radius 1 is 1.14 bits per heavy atom. The molecule has 1 aliphatic heterocycles. The number of nitrogens with one attached hydrogen (secondary N) is 1. The van der Waals surface area contributed by atoms with Gasteiger partial charge in [-0.05, 0) is 53.9 Å². The number of hydrogen-bond donors (Lipinski definition) is 3. The number of carbonyl (C=O) groups is 1. The van der Waals surface area contributed by atoms with Gasteiger partial charge in [0, 0.05) is 36.0 Å². The standard InChI is InChI=1S/C27H29F2N3O5/c1-18-5-6-22(30-26(35)19-3-2-4-21(13-19)27(28,29)17-34)16-23(18)20-14-24(32-7-10-36-11-8-32)31-25(15-20)37-12-9-33/h2-6,13-16,33-34H,7-12,17H2,1H3,(H,30,35). The summed E-state index contributed by atoms with van der Waals surface area (Å²) in [5.41, 5.74) is 2.66. The first-order chi connectivity index (χ1) is 17.8. The highest BCUT2D eigenvalue weighted by Crippen LogP contribution is 2.33. The fourth-order valence-corrected chi connectivity index (χ4v) is 4.02. The number of morpholine rings is 1. The second-order valence-electron chi connectivity index (χ2n) is 8.65. The zero-order valence-corrected chi connectivity index (χ0v) is 20.4. The number of benzene rings is 2. The summed E-state index contributed by atoms with van der Waals surface area (Å²) in [6, 6.07) is 14.1. The lowest BCUT2D eigenvalue weighted by molar-refractivity contribution is -0.0556. The maximum Gasteiger partial charge on any atom is 0.295 e.